The number of cyclic esters (lactones) is 1. The summed E-state index contributed by atoms with van der Waals surface area (Å²) in [7, 11) is 0. The molecule has 184 valence electrons. The zero-order chi connectivity index (χ0) is 24.2. The predicted octanol–water partition coefficient (Wildman–Crippen LogP) is 2.04. The van der Waals surface area contributed by atoms with Crippen LogP contribution in [0.15, 0.2) is 16.9 Å². The van der Waals surface area contributed by atoms with Gasteiger partial charge >= 0.3 is 5.97 Å². The summed E-state index contributed by atoms with van der Waals surface area (Å²) in [5.74, 6) is -1.17. The van der Waals surface area contributed by atoms with Gasteiger partial charge < -0.3 is 25.3 Å². The molecule has 0 radical (unpaired) electrons. The number of fused-ring (bicyclic) bond motifs is 5. The Labute approximate surface area is 205 Å². The molecule has 1 aromatic carbocycles. The Hall–Kier alpha value is -2.85. The van der Waals surface area contributed by atoms with Crippen LogP contribution < -0.4 is 11.3 Å². The van der Waals surface area contributed by atoms with Gasteiger partial charge in [0.15, 0.2) is 5.60 Å². The molecule has 0 fully saturated rings. The van der Waals surface area contributed by atoms with Crippen molar-refractivity contribution in [3.05, 3.63) is 61.7 Å². The zero-order valence-corrected chi connectivity index (χ0v) is 20.1. The van der Waals surface area contributed by atoms with Crippen LogP contribution in [0, 0.1) is 12.7 Å². The normalized spacial score (nSPS) is 23.9. The number of aliphatic hydroxyl groups excluding tert-OH is 1. The molecule has 3 aliphatic rings. The highest BCUT2D eigenvalue weighted by Crippen LogP contribution is 2.47. The SMILES string of the molecule is CC[C@@]1(O)C(=O)OCc2c1cc1n(c2=O)Cc2c-1nc1cc(F)c(C)c3c1c2[C@@](N)(CO)CC3.Cl. The largest absolute Gasteiger partial charge is 0.458 e. The molecule has 0 bridgehead atoms. The standard InChI is InChI=1S/C25H24FN3O5.ClH/c1-3-25(33)15-6-18-21-13(8-29(18)22(31)14(15)9-34-23(25)32)20-19-12(4-5-24(20,27)10-30)11(2)16(26)7-17(19)28-21;/h6-7,30,33H,3-5,8-10,27H2,1-2H3;1H/t24-,25-;/m0./s1. The Morgan fingerprint density at radius 3 is 2.69 bits per heavy atom. The maximum Gasteiger partial charge on any atom is 0.343 e. The Bertz CT molecular complexity index is 1520. The molecule has 2 aliphatic heterocycles. The van der Waals surface area contributed by atoms with Crippen LogP contribution in [0.1, 0.15) is 53.1 Å². The lowest BCUT2D eigenvalue weighted by molar-refractivity contribution is -0.172. The van der Waals surface area contributed by atoms with Crippen molar-refractivity contribution in [2.75, 3.05) is 6.61 Å². The van der Waals surface area contributed by atoms with E-state index in [2.05, 4.69) is 0 Å². The number of hydrogen-bond acceptors (Lipinski definition) is 7. The zero-order valence-electron chi connectivity index (χ0n) is 19.3. The van der Waals surface area contributed by atoms with Crippen molar-refractivity contribution in [2.45, 2.75) is 57.4 Å². The number of benzene rings is 1. The van der Waals surface area contributed by atoms with Gasteiger partial charge in [0.05, 0.1) is 41.2 Å². The number of pyridine rings is 2. The number of ether oxygens (including phenoxy) is 1. The van der Waals surface area contributed by atoms with Crippen molar-refractivity contribution in [1.29, 1.82) is 0 Å². The second-order valence-corrected chi connectivity index (χ2v) is 9.59. The first-order valence-electron chi connectivity index (χ1n) is 11.4. The highest BCUT2D eigenvalue weighted by Gasteiger charge is 2.46. The molecule has 8 nitrogen and oxygen atoms in total. The third-order valence-corrected chi connectivity index (χ3v) is 7.90. The molecule has 2 atom stereocenters. The van der Waals surface area contributed by atoms with Crippen LogP contribution in [-0.2, 0) is 40.2 Å². The molecule has 2 aromatic heterocycles. The topological polar surface area (TPSA) is 128 Å². The number of hydrogen-bond donors (Lipinski definition) is 3. The van der Waals surface area contributed by atoms with Crippen LogP contribution in [-0.4, -0.2) is 32.3 Å². The number of carbonyl (C=O) groups is 1. The first-order valence-corrected chi connectivity index (χ1v) is 11.4. The molecule has 3 aromatic rings. The Morgan fingerprint density at radius 1 is 1.26 bits per heavy atom. The number of esters is 1. The van der Waals surface area contributed by atoms with Crippen LogP contribution in [0.25, 0.3) is 22.3 Å². The second-order valence-electron chi connectivity index (χ2n) is 9.59. The summed E-state index contributed by atoms with van der Waals surface area (Å²) in [6, 6.07) is 2.98. The van der Waals surface area contributed by atoms with Gasteiger partial charge in [-0.05, 0) is 48.9 Å². The van der Waals surface area contributed by atoms with Crippen molar-refractivity contribution < 1.29 is 24.1 Å². The van der Waals surface area contributed by atoms with Gasteiger partial charge in [0, 0.05) is 22.6 Å². The summed E-state index contributed by atoms with van der Waals surface area (Å²) in [6.07, 6.45) is 0.968. The first-order chi connectivity index (χ1) is 16.1. The van der Waals surface area contributed by atoms with Crippen LogP contribution >= 0.6 is 12.4 Å². The molecule has 0 unspecified atom stereocenters. The third-order valence-electron chi connectivity index (χ3n) is 7.90. The Kier molecular flexibility index (Phi) is 5.16. The lowest BCUT2D eigenvalue weighted by Gasteiger charge is -2.36. The van der Waals surface area contributed by atoms with Gasteiger partial charge in [-0.3, -0.25) is 4.79 Å². The van der Waals surface area contributed by atoms with Crippen molar-refractivity contribution in [2.24, 2.45) is 5.73 Å². The number of aromatic nitrogens is 2. The van der Waals surface area contributed by atoms with E-state index in [1.165, 1.54) is 10.6 Å². The molecule has 1 aliphatic carbocycles. The van der Waals surface area contributed by atoms with Gasteiger partial charge in [-0.25, -0.2) is 14.2 Å². The lowest BCUT2D eigenvalue weighted by Crippen LogP contribution is -2.44. The minimum atomic E-state index is -1.94. The lowest BCUT2D eigenvalue weighted by atomic mass is 9.74. The minimum Gasteiger partial charge on any atom is -0.458 e. The van der Waals surface area contributed by atoms with E-state index in [9.17, 15) is 24.2 Å². The number of aryl methyl sites for hydroxylation is 1. The molecule has 4 N–H and O–H groups in total. The summed E-state index contributed by atoms with van der Waals surface area (Å²) < 4.78 is 21.4. The molecule has 0 saturated heterocycles. The third kappa shape index (κ3) is 2.86. The smallest absolute Gasteiger partial charge is 0.343 e. The van der Waals surface area contributed by atoms with E-state index in [1.807, 2.05) is 0 Å². The second kappa shape index (κ2) is 7.57. The number of halogens is 2. The highest BCUT2D eigenvalue weighted by molar-refractivity contribution is 5.93. The van der Waals surface area contributed by atoms with E-state index in [-0.39, 0.29) is 61.1 Å². The molecular formula is C25H25ClFN3O5. The molecular weight excluding hydrogens is 477 g/mol. The van der Waals surface area contributed by atoms with Gasteiger partial charge in [0.1, 0.15) is 12.4 Å². The number of rotatable bonds is 2. The maximum absolute atomic E-state index is 14.8. The first kappa shape index (κ1) is 23.9. The fraction of sp³-hybridized carbons (Fsp3) is 0.400. The van der Waals surface area contributed by atoms with E-state index in [1.54, 1.807) is 19.9 Å². The van der Waals surface area contributed by atoms with Gasteiger partial charge in [-0.15, -0.1) is 12.4 Å². The van der Waals surface area contributed by atoms with Crippen LogP contribution in [0.3, 0.4) is 0 Å². The summed E-state index contributed by atoms with van der Waals surface area (Å²) >= 11 is 0. The fourth-order valence-electron chi connectivity index (χ4n) is 5.88. The number of nitrogens with zero attached hydrogens (tertiary/aromatic N) is 2. The van der Waals surface area contributed by atoms with Crippen molar-refractivity contribution in [3.63, 3.8) is 0 Å². The van der Waals surface area contributed by atoms with Crippen LogP contribution in [0.4, 0.5) is 4.39 Å². The van der Waals surface area contributed by atoms with Gasteiger partial charge in [-0.2, -0.15) is 0 Å². The number of aliphatic hydroxyl groups is 2. The predicted molar refractivity (Wildman–Crippen MR) is 128 cm³/mol. The Morgan fingerprint density at radius 2 is 2.00 bits per heavy atom. The maximum atomic E-state index is 14.8. The monoisotopic (exact) mass is 501 g/mol. The van der Waals surface area contributed by atoms with E-state index < -0.39 is 17.1 Å². The van der Waals surface area contributed by atoms with Crippen molar-refractivity contribution in [3.8, 4) is 11.4 Å². The van der Waals surface area contributed by atoms with Crippen LogP contribution in [0.2, 0.25) is 0 Å². The molecule has 6 rings (SSSR count). The summed E-state index contributed by atoms with van der Waals surface area (Å²) in [6.45, 7) is 3.00. The average Bonchev–Trinajstić information content (AvgIpc) is 3.19. The van der Waals surface area contributed by atoms with E-state index in [0.29, 0.717) is 46.4 Å². The molecule has 0 saturated carbocycles. The van der Waals surface area contributed by atoms with E-state index in [0.717, 1.165) is 10.9 Å². The number of nitrogens with two attached hydrogens (primary N) is 1. The Balaban J connectivity index is 0.00000253. The van der Waals surface area contributed by atoms with Crippen molar-refractivity contribution >= 4 is 29.3 Å². The van der Waals surface area contributed by atoms with Gasteiger partial charge in [-0.1, -0.05) is 6.92 Å². The average molecular weight is 502 g/mol. The molecule has 35 heavy (non-hydrogen) atoms. The fourth-order valence-corrected chi connectivity index (χ4v) is 5.88. The van der Waals surface area contributed by atoms with Crippen LogP contribution in [0.5, 0.6) is 0 Å². The minimum absolute atomic E-state index is 0. The molecule has 0 spiro atoms. The summed E-state index contributed by atoms with van der Waals surface area (Å²) in [5, 5.41) is 22.1. The van der Waals surface area contributed by atoms with E-state index in [4.69, 9.17) is 15.5 Å². The van der Waals surface area contributed by atoms with E-state index >= 15 is 0 Å². The van der Waals surface area contributed by atoms with Gasteiger partial charge in [0.25, 0.3) is 5.56 Å². The molecule has 0 amide bonds. The molecule has 10 heteroatoms. The van der Waals surface area contributed by atoms with Crippen molar-refractivity contribution in [1.82, 2.24) is 9.55 Å². The summed E-state index contributed by atoms with van der Waals surface area (Å²) in [4.78, 5) is 30.6. The highest BCUT2D eigenvalue weighted by atomic mass is 35.5. The van der Waals surface area contributed by atoms with Gasteiger partial charge in [0.2, 0.25) is 0 Å². The summed E-state index contributed by atoms with van der Waals surface area (Å²) in [5.41, 5.74) is 7.74. The molecule has 4 heterocycles. The number of carbonyl (C=O) groups excluding carboxylic acids is 1. The quantitative estimate of drug-likeness (QED) is 0.359.